The molecule has 0 saturated heterocycles. The Labute approximate surface area is 130 Å². The predicted molar refractivity (Wildman–Crippen MR) is 90.5 cm³/mol. The molecular weight excluding hydrogens is 280 g/mol. The maximum Gasteiger partial charge on any atom is 0.223 e. The van der Waals surface area contributed by atoms with Crippen LogP contribution in [0.4, 0.5) is 5.95 Å². The molecule has 1 heterocycles. The van der Waals surface area contributed by atoms with Crippen LogP contribution in [0.3, 0.4) is 0 Å². The topological polar surface area (TPSA) is 63.8 Å². The van der Waals surface area contributed by atoms with Gasteiger partial charge in [-0.3, -0.25) is 0 Å². The van der Waals surface area contributed by atoms with E-state index in [0.29, 0.717) is 16.6 Å². The molecule has 1 aromatic heterocycles. The van der Waals surface area contributed by atoms with Crippen molar-refractivity contribution in [1.82, 2.24) is 9.97 Å². The van der Waals surface area contributed by atoms with Crippen LogP contribution in [0.15, 0.2) is 36.4 Å². The summed E-state index contributed by atoms with van der Waals surface area (Å²) in [5.74, 6) is 0.582. The van der Waals surface area contributed by atoms with Crippen LogP contribution in [0.2, 0.25) is 0 Å². The van der Waals surface area contributed by atoms with Gasteiger partial charge in [-0.2, -0.15) is 0 Å². The van der Waals surface area contributed by atoms with Gasteiger partial charge in [0.1, 0.15) is 10.7 Å². The molecule has 0 spiro atoms. The van der Waals surface area contributed by atoms with Crippen molar-refractivity contribution in [2.45, 2.75) is 32.7 Å². The number of thiocarbonyl (C=S) groups is 1. The number of benzene rings is 1. The van der Waals surface area contributed by atoms with Crippen molar-refractivity contribution < 1.29 is 0 Å². The zero-order chi connectivity index (χ0) is 15.2. The zero-order valence-corrected chi connectivity index (χ0v) is 13.2. The average molecular weight is 300 g/mol. The van der Waals surface area contributed by atoms with Gasteiger partial charge in [0.25, 0.3) is 0 Å². The van der Waals surface area contributed by atoms with Crippen molar-refractivity contribution in [1.29, 1.82) is 0 Å². The molecule has 3 N–H and O–H groups in total. The number of aromatic nitrogens is 2. The molecular formula is C16H20N4S. The van der Waals surface area contributed by atoms with Crippen LogP contribution >= 0.6 is 12.2 Å². The molecule has 1 aromatic carbocycles. The molecule has 110 valence electrons. The van der Waals surface area contributed by atoms with Crippen LogP contribution in [0.1, 0.15) is 30.3 Å². The predicted octanol–water partition coefficient (Wildman–Crippen LogP) is 2.85. The quantitative estimate of drug-likeness (QED) is 0.803. The first-order valence-corrected chi connectivity index (χ1v) is 7.41. The Morgan fingerprint density at radius 3 is 2.67 bits per heavy atom. The molecule has 21 heavy (non-hydrogen) atoms. The average Bonchev–Trinajstić information content (AvgIpc) is 2.45. The first kappa shape index (κ1) is 15.4. The van der Waals surface area contributed by atoms with Gasteiger partial charge in [0, 0.05) is 11.7 Å². The number of hydrogen-bond donors (Lipinski definition) is 2. The molecule has 5 heteroatoms. The summed E-state index contributed by atoms with van der Waals surface area (Å²) >= 11 is 4.97. The van der Waals surface area contributed by atoms with E-state index >= 15 is 0 Å². The van der Waals surface area contributed by atoms with Crippen LogP contribution in [-0.2, 0) is 6.42 Å². The van der Waals surface area contributed by atoms with Gasteiger partial charge in [0.15, 0.2) is 0 Å². The number of nitrogens with two attached hydrogens (primary N) is 1. The first-order valence-electron chi connectivity index (χ1n) is 7.00. The highest BCUT2D eigenvalue weighted by molar-refractivity contribution is 7.80. The van der Waals surface area contributed by atoms with Crippen LogP contribution < -0.4 is 11.1 Å². The highest BCUT2D eigenvalue weighted by atomic mass is 32.1. The van der Waals surface area contributed by atoms with E-state index in [0.717, 1.165) is 18.5 Å². The van der Waals surface area contributed by atoms with Crippen LogP contribution in [-0.4, -0.2) is 21.0 Å². The SMILES string of the molecule is Cc1cc(C(N)=S)nc(NC(C)CCc2ccccc2)n1. The Morgan fingerprint density at radius 1 is 1.29 bits per heavy atom. The molecule has 2 aromatic rings. The Kier molecular flexibility index (Phi) is 5.22. The third-order valence-corrected chi connectivity index (χ3v) is 3.40. The van der Waals surface area contributed by atoms with Gasteiger partial charge in [0.2, 0.25) is 5.95 Å². The largest absolute Gasteiger partial charge is 0.388 e. The lowest BCUT2D eigenvalue weighted by Crippen LogP contribution is -2.20. The van der Waals surface area contributed by atoms with Gasteiger partial charge in [-0.15, -0.1) is 0 Å². The van der Waals surface area contributed by atoms with Gasteiger partial charge in [-0.25, -0.2) is 9.97 Å². The highest BCUT2D eigenvalue weighted by Crippen LogP contribution is 2.10. The summed E-state index contributed by atoms with van der Waals surface area (Å²) in [6.07, 6.45) is 2.02. The molecule has 1 unspecified atom stereocenters. The van der Waals surface area contributed by atoms with E-state index in [4.69, 9.17) is 18.0 Å². The Hall–Kier alpha value is -2.01. The van der Waals surface area contributed by atoms with Crippen molar-refractivity contribution in [3.63, 3.8) is 0 Å². The molecule has 0 aliphatic heterocycles. The minimum absolute atomic E-state index is 0.270. The number of hydrogen-bond acceptors (Lipinski definition) is 4. The molecule has 0 aliphatic rings. The van der Waals surface area contributed by atoms with Crippen molar-refractivity contribution in [3.8, 4) is 0 Å². The number of anilines is 1. The van der Waals surface area contributed by atoms with Gasteiger partial charge >= 0.3 is 0 Å². The minimum atomic E-state index is 0.270. The van der Waals surface area contributed by atoms with Crippen molar-refractivity contribution >= 4 is 23.2 Å². The second-order valence-electron chi connectivity index (χ2n) is 5.15. The fourth-order valence-electron chi connectivity index (χ4n) is 2.08. The third-order valence-electron chi connectivity index (χ3n) is 3.19. The lowest BCUT2D eigenvalue weighted by Gasteiger charge is -2.14. The lowest BCUT2D eigenvalue weighted by atomic mass is 10.1. The molecule has 0 amide bonds. The van der Waals surface area contributed by atoms with Crippen molar-refractivity contribution in [3.05, 3.63) is 53.3 Å². The minimum Gasteiger partial charge on any atom is -0.388 e. The Balaban J connectivity index is 1.96. The summed E-state index contributed by atoms with van der Waals surface area (Å²) in [6, 6.07) is 12.5. The van der Waals surface area contributed by atoms with E-state index in [1.54, 1.807) is 6.07 Å². The fourth-order valence-corrected chi connectivity index (χ4v) is 2.18. The maximum atomic E-state index is 5.63. The fraction of sp³-hybridized carbons (Fsp3) is 0.312. The molecule has 0 radical (unpaired) electrons. The molecule has 0 saturated carbocycles. The summed E-state index contributed by atoms with van der Waals surface area (Å²) in [4.78, 5) is 9.01. The van der Waals surface area contributed by atoms with Gasteiger partial charge in [-0.1, -0.05) is 42.5 Å². The molecule has 1 atom stereocenters. The molecule has 4 nitrogen and oxygen atoms in total. The van der Waals surface area contributed by atoms with Gasteiger partial charge < -0.3 is 11.1 Å². The Bertz CT molecular complexity index is 613. The van der Waals surface area contributed by atoms with Gasteiger partial charge in [0.05, 0.1) is 0 Å². The maximum absolute atomic E-state index is 5.63. The second kappa shape index (κ2) is 7.13. The summed E-state index contributed by atoms with van der Waals surface area (Å²) in [7, 11) is 0. The third kappa shape index (κ3) is 4.79. The number of nitrogens with zero attached hydrogens (tertiary/aromatic N) is 2. The van der Waals surface area contributed by atoms with E-state index in [1.165, 1.54) is 5.56 Å². The molecule has 2 rings (SSSR count). The summed E-state index contributed by atoms with van der Waals surface area (Å²) in [5, 5.41) is 3.31. The van der Waals surface area contributed by atoms with E-state index in [9.17, 15) is 0 Å². The van der Waals surface area contributed by atoms with E-state index in [2.05, 4.69) is 46.5 Å². The zero-order valence-electron chi connectivity index (χ0n) is 12.3. The summed E-state index contributed by atoms with van der Waals surface area (Å²) < 4.78 is 0. The van der Waals surface area contributed by atoms with E-state index < -0.39 is 0 Å². The van der Waals surface area contributed by atoms with E-state index in [-0.39, 0.29) is 6.04 Å². The first-order chi connectivity index (χ1) is 10.0. The summed E-state index contributed by atoms with van der Waals surface area (Å²) in [5.41, 5.74) is 8.42. The standard InChI is InChI=1S/C16H20N4S/c1-11(8-9-13-6-4-3-5-7-13)18-16-19-12(2)10-14(20-16)15(17)21/h3-7,10-11H,8-9H2,1-2H3,(H2,17,21)(H,18,19,20). The van der Waals surface area contributed by atoms with E-state index in [1.807, 2.05) is 13.0 Å². The monoisotopic (exact) mass is 300 g/mol. The highest BCUT2D eigenvalue weighted by Gasteiger charge is 2.08. The summed E-state index contributed by atoms with van der Waals surface area (Å²) in [6.45, 7) is 4.03. The number of rotatable bonds is 6. The lowest BCUT2D eigenvalue weighted by molar-refractivity contribution is 0.698. The number of nitrogens with one attached hydrogen (secondary N) is 1. The van der Waals surface area contributed by atoms with Crippen LogP contribution in [0.5, 0.6) is 0 Å². The Morgan fingerprint density at radius 2 is 2.00 bits per heavy atom. The van der Waals surface area contributed by atoms with Crippen LogP contribution in [0.25, 0.3) is 0 Å². The van der Waals surface area contributed by atoms with Crippen LogP contribution in [0, 0.1) is 6.92 Å². The van der Waals surface area contributed by atoms with Crippen molar-refractivity contribution in [2.75, 3.05) is 5.32 Å². The normalized spacial score (nSPS) is 11.9. The van der Waals surface area contributed by atoms with Gasteiger partial charge in [-0.05, 0) is 38.3 Å². The molecule has 0 bridgehead atoms. The smallest absolute Gasteiger partial charge is 0.223 e. The van der Waals surface area contributed by atoms with Crippen molar-refractivity contribution in [2.24, 2.45) is 5.73 Å². The second-order valence-corrected chi connectivity index (χ2v) is 5.59. The number of aryl methyl sites for hydroxylation is 2. The molecule has 0 aliphatic carbocycles. The molecule has 0 fully saturated rings.